The third-order valence-corrected chi connectivity index (χ3v) is 2.74. The maximum absolute atomic E-state index is 6.05. The summed E-state index contributed by atoms with van der Waals surface area (Å²) >= 11 is 6.05. The van der Waals surface area contributed by atoms with Gasteiger partial charge in [0.1, 0.15) is 0 Å². The highest BCUT2D eigenvalue weighted by Crippen LogP contribution is 2.21. The number of nitrogens with two attached hydrogens (primary N) is 1. The predicted octanol–water partition coefficient (Wildman–Crippen LogP) is 2.12. The van der Waals surface area contributed by atoms with Gasteiger partial charge in [-0.25, -0.2) is 9.67 Å². The van der Waals surface area contributed by atoms with Crippen LogP contribution in [0.1, 0.15) is 11.4 Å². The first kappa shape index (κ1) is 9.98. The number of aromatic nitrogens is 3. The molecule has 0 fully saturated rings. The summed E-state index contributed by atoms with van der Waals surface area (Å²) in [5, 5.41) is 4.95. The molecule has 2 heterocycles. The molecule has 0 amide bonds. The van der Waals surface area contributed by atoms with Crippen molar-refractivity contribution in [1.82, 2.24) is 14.8 Å². The van der Waals surface area contributed by atoms with Crippen LogP contribution in [0.15, 0.2) is 18.3 Å². The Morgan fingerprint density at radius 1 is 1.40 bits per heavy atom. The lowest BCUT2D eigenvalue weighted by Crippen LogP contribution is -2.02. The Labute approximate surface area is 92.7 Å². The Hall–Kier alpha value is -1.55. The largest absolute Gasteiger partial charge is 0.399 e. The maximum Gasteiger partial charge on any atom is 0.155 e. The molecule has 15 heavy (non-hydrogen) atoms. The molecule has 0 aliphatic rings. The minimum atomic E-state index is 0.656. The van der Waals surface area contributed by atoms with E-state index in [9.17, 15) is 0 Å². The third kappa shape index (κ3) is 1.68. The number of nitrogen functional groups attached to an aromatic ring is 1. The van der Waals surface area contributed by atoms with Crippen molar-refractivity contribution >= 4 is 17.3 Å². The Kier molecular flexibility index (Phi) is 2.36. The van der Waals surface area contributed by atoms with Gasteiger partial charge in [0, 0.05) is 18.0 Å². The van der Waals surface area contributed by atoms with Crippen molar-refractivity contribution in [2.24, 2.45) is 0 Å². The molecule has 2 N–H and O–H groups in total. The number of pyridine rings is 1. The van der Waals surface area contributed by atoms with Gasteiger partial charge in [0.15, 0.2) is 5.82 Å². The molecule has 4 nitrogen and oxygen atoms in total. The molecule has 0 bridgehead atoms. The van der Waals surface area contributed by atoms with Crippen molar-refractivity contribution in [1.29, 1.82) is 0 Å². The van der Waals surface area contributed by atoms with Crippen LogP contribution in [-0.4, -0.2) is 14.8 Å². The molecule has 2 aromatic heterocycles. The van der Waals surface area contributed by atoms with Crippen molar-refractivity contribution in [3.8, 4) is 5.82 Å². The zero-order chi connectivity index (χ0) is 11.0. The standard InChI is InChI=1S/C10H11ClN4/c1-6-10(11)7(2)15(14-6)9-5-8(12)3-4-13-9/h3-5H,1-2H3,(H2,12,13). The molecule has 2 aromatic rings. The van der Waals surface area contributed by atoms with Crippen molar-refractivity contribution in [2.45, 2.75) is 13.8 Å². The lowest BCUT2D eigenvalue weighted by molar-refractivity contribution is 0.807. The summed E-state index contributed by atoms with van der Waals surface area (Å²) in [5.41, 5.74) is 7.99. The summed E-state index contributed by atoms with van der Waals surface area (Å²) < 4.78 is 1.69. The van der Waals surface area contributed by atoms with Gasteiger partial charge in [-0.05, 0) is 19.9 Å². The summed E-state index contributed by atoms with van der Waals surface area (Å²) in [6, 6.07) is 3.49. The van der Waals surface area contributed by atoms with Gasteiger partial charge in [0.25, 0.3) is 0 Å². The van der Waals surface area contributed by atoms with E-state index in [1.165, 1.54) is 0 Å². The van der Waals surface area contributed by atoms with Crippen LogP contribution in [0.4, 0.5) is 5.69 Å². The van der Waals surface area contributed by atoms with Crippen molar-refractivity contribution in [2.75, 3.05) is 5.73 Å². The van der Waals surface area contributed by atoms with Gasteiger partial charge in [-0.2, -0.15) is 5.10 Å². The van der Waals surface area contributed by atoms with Crippen LogP contribution in [0.5, 0.6) is 0 Å². The Morgan fingerprint density at radius 3 is 2.67 bits per heavy atom. The smallest absolute Gasteiger partial charge is 0.155 e. The van der Waals surface area contributed by atoms with E-state index in [1.54, 1.807) is 23.0 Å². The number of hydrogen-bond donors (Lipinski definition) is 1. The summed E-state index contributed by atoms with van der Waals surface area (Å²) in [4.78, 5) is 4.19. The Morgan fingerprint density at radius 2 is 2.13 bits per heavy atom. The fraction of sp³-hybridized carbons (Fsp3) is 0.200. The lowest BCUT2D eigenvalue weighted by atomic mass is 10.4. The Balaban J connectivity index is 2.59. The fourth-order valence-electron chi connectivity index (χ4n) is 1.40. The molecule has 0 radical (unpaired) electrons. The van der Waals surface area contributed by atoms with Gasteiger partial charge < -0.3 is 5.73 Å². The minimum Gasteiger partial charge on any atom is -0.399 e. The monoisotopic (exact) mass is 222 g/mol. The van der Waals surface area contributed by atoms with Gasteiger partial charge in [-0.3, -0.25) is 0 Å². The number of rotatable bonds is 1. The van der Waals surface area contributed by atoms with Crippen LogP contribution >= 0.6 is 11.6 Å². The van der Waals surface area contributed by atoms with Gasteiger partial charge in [-0.15, -0.1) is 0 Å². The van der Waals surface area contributed by atoms with E-state index in [0.29, 0.717) is 16.5 Å². The van der Waals surface area contributed by atoms with Crippen LogP contribution in [0, 0.1) is 13.8 Å². The number of anilines is 1. The van der Waals surface area contributed by atoms with Crippen LogP contribution in [-0.2, 0) is 0 Å². The highest BCUT2D eigenvalue weighted by Gasteiger charge is 2.11. The molecular weight excluding hydrogens is 212 g/mol. The molecule has 0 unspecified atom stereocenters. The van der Waals surface area contributed by atoms with E-state index in [1.807, 2.05) is 13.8 Å². The van der Waals surface area contributed by atoms with Crippen LogP contribution in [0.3, 0.4) is 0 Å². The quantitative estimate of drug-likeness (QED) is 0.804. The van der Waals surface area contributed by atoms with Gasteiger partial charge in [-0.1, -0.05) is 11.6 Å². The molecule has 0 aliphatic carbocycles. The van der Waals surface area contributed by atoms with Crippen molar-refractivity contribution in [3.63, 3.8) is 0 Å². The number of halogens is 1. The Bertz CT molecular complexity index is 504. The molecule has 78 valence electrons. The summed E-state index contributed by atoms with van der Waals surface area (Å²) in [5.74, 6) is 0.683. The number of aryl methyl sites for hydroxylation is 1. The molecule has 0 aromatic carbocycles. The summed E-state index contributed by atoms with van der Waals surface area (Å²) in [6.45, 7) is 3.76. The second kappa shape index (κ2) is 3.55. The van der Waals surface area contributed by atoms with Crippen LogP contribution in [0.2, 0.25) is 5.02 Å². The third-order valence-electron chi connectivity index (χ3n) is 2.19. The maximum atomic E-state index is 6.05. The van der Waals surface area contributed by atoms with Crippen LogP contribution in [0.25, 0.3) is 5.82 Å². The first-order valence-electron chi connectivity index (χ1n) is 4.53. The molecule has 2 rings (SSSR count). The molecular formula is C10H11ClN4. The van der Waals surface area contributed by atoms with Gasteiger partial charge in [0.05, 0.1) is 16.4 Å². The SMILES string of the molecule is Cc1nn(-c2cc(N)ccn2)c(C)c1Cl. The van der Waals surface area contributed by atoms with Crippen molar-refractivity contribution < 1.29 is 0 Å². The van der Waals surface area contributed by atoms with E-state index >= 15 is 0 Å². The average molecular weight is 223 g/mol. The van der Waals surface area contributed by atoms with Gasteiger partial charge in [0.2, 0.25) is 0 Å². The van der Waals surface area contributed by atoms with Crippen molar-refractivity contribution in [3.05, 3.63) is 34.7 Å². The zero-order valence-corrected chi connectivity index (χ0v) is 9.28. The van der Waals surface area contributed by atoms with E-state index < -0.39 is 0 Å². The fourth-order valence-corrected chi connectivity index (χ4v) is 1.51. The second-order valence-corrected chi connectivity index (χ2v) is 3.72. The molecule has 5 heteroatoms. The highest BCUT2D eigenvalue weighted by atomic mass is 35.5. The van der Waals surface area contributed by atoms with Gasteiger partial charge >= 0.3 is 0 Å². The molecule has 0 saturated heterocycles. The molecule has 0 atom stereocenters. The zero-order valence-electron chi connectivity index (χ0n) is 8.53. The first-order chi connectivity index (χ1) is 7.09. The molecule has 0 saturated carbocycles. The first-order valence-corrected chi connectivity index (χ1v) is 4.91. The highest BCUT2D eigenvalue weighted by molar-refractivity contribution is 6.31. The van der Waals surface area contributed by atoms with E-state index in [4.69, 9.17) is 17.3 Å². The second-order valence-electron chi connectivity index (χ2n) is 3.34. The predicted molar refractivity (Wildman–Crippen MR) is 60.3 cm³/mol. The topological polar surface area (TPSA) is 56.7 Å². The molecule has 0 aliphatic heterocycles. The summed E-state index contributed by atoms with van der Waals surface area (Å²) in [7, 11) is 0. The number of hydrogen-bond acceptors (Lipinski definition) is 3. The number of nitrogens with zero attached hydrogens (tertiary/aromatic N) is 3. The average Bonchev–Trinajstić information content (AvgIpc) is 2.46. The lowest BCUT2D eigenvalue weighted by Gasteiger charge is -2.03. The molecule has 0 spiro atoms. The van der Waals surface area contributed by atoms with Crippen LogP contribution < -0.4 is 5.73 Å². The van der Waals surface area contributed by atoms with E-state index in [2.05, 4.69) is 10.1 Å². The normalized spacial score (nSPS) is 10.6. The van der Waals surface area contributed by atoms with E-state index in [-0.39, 0.29) is 0 Å². The summed E-state index contributed by atoms with van der Waals surface area (Å²) in [6.07, 6.45) is 1.65. The minimum absolute atomic E-state index is 0.656. The van der Waals surface area contributed by atoms with E-state index in [0.717, 1.165) is 11.4 Å².